The van der Waals surface area contributed by atoms with Gasteiger partial charge < -0.3 is 14.4 Å². The molecule has 0 radical (unpaired) electrons. The van der Waals surface area contributed by atoms with Crippen LogP contribution >= 0.6 is 0 Å². The normalized spacial score (nSPS) is 20.0. The van der Waals surface area contributed by atoms with Gasteiger partial charge in [-0.2, -0.15) is 5.10 Å². The van der Waals surface area contributed by atoms with Gasteiger partial charge in [-0.05, 0) is 55.5 Å². The number of ether oxygens (including phenoxy) is 2. The Morgan fingerprint density at radius 1 is 1.05 bits per heavy atom. The third-order valence-electron chi connectivity index (χ3n) is 8.64. The monoisotopic (exact) mass is 546 g/mol. The molecule has 8 nitrogen and oxygen atoms in total. The van der Waals surface area contributed by atoms with Crippen LogP contribution in [0.2, 0.25) is 0 Å². The van der Waals surface area contributed by atoms with Gasteiger partial charge in [0.05, 0.1) is 32.1 Å². The minimum absolute atomic E-state index is 0.00989. The van der Waals surface area contributed by atoms with Crippen molar-refractivity contribution < 1.29 is 19.1 Å². The van der Waals surface area contributed by atoms with Crippen LogP contribution in [0.25, 0.3) is 0 Å². The second-order valence-electron chi connectivity index (χ2n) is 11.2. The Morgan fingerprint density at radius 2 is 1.80 bits per heavy atom. The van der Waals surface area contributed by atoms with Crippen molar-refractivity contribution in [3.8, 4) is 5.75 Å². The van der Waals surface area contributed by atoms with Gasteiger partial charge >= 0.3 is 0 Å². The maximum atomic E-state index is 14.1. The van der Waals surface area contributed by atoms with Crippen LogP contribution in [0.15, 0.2) is 47.6 Å². The molecule has 8 heteroatoms. The van der Waals surface area contributed by atoms with Crippen LogP contribution in [0.4, 0.5) is 0 Å². The van der Waals surface area contributed by atoms with E-state index in [-0.39, 0.29) is 30.3 Å². The number of rotatable bonds is 9. The Balaban J connectivity index is 1.41. The topological polar surface area (TPSA) is 74.7 Å². The summed E-state index contributed by atoms with van der Waals surface area (Å²) in [6.45, 7) is 8.60. The summed E-state index contributed by atoms with van der Waals surface area (Å²) in [6, 6.07) is 13.8. The molecule has 3 aliphatic rings. The molecule has 1 saturated carbocycles. The van der Waals surface area contributed by atoms with Crippen molar-refractivity contribution in [2.45, 2.75) is 52.0 Å². The predicted molar refractivity (Wildman–Crippen MR) is 155 cm³/mol. The molecule has 1 unspecified atom stereocenters. The number of para-hydroxylation sites is 1. The highest BCUT2D eigenvalue weighted by Gasteiger charge is 2.37. The lowest BCUT2D eigenvalue weighted by Gasteiger charge is -2.32. The van der Waals surface area contributed by atoms with E-state index in [0.29, 0.717) is 26.2 Å². The summed E-state index contributed by atoms with van der Waals surface area (Å²) < 4.78 is 11.2. The molecule has 5 rings (SSSR count). The SMILES string of the molecule is COc1ccccc1C1CC(c2ccc(C)c(C)c2)=NN1C(=O)CN(CCN1CCOCC1)C(=O)C1CCCC1. The molecule has 2 amide bonds. The van der Waals surface area contributed by atoms with Gasteiger partial charge in [0.25, 0.3) is 5.91 Å². The molecule has 1 saturated heterocycles. The first-order valence-electron chi connectivity index (χ1n) is 14.6. The van der Waals surface area contributed by atoms with Crippen molar-refractivity contribution in [2.24, 2.45) is 11.0 Å². The summed E-state index contributed by atoms with van der Waals surface area (Å²) in [5.41, 5.74) is 5.22. The Hall–Kier alpha value is -3.23. The number of carbonyl (C=O) groups is 2. The lowest BCUT2D eigenvalue weighted by molar-refractivity contribution is -0.144. The smallest absolute Gasteiger partial charge is 0.262 e. The lowest BCUT2D eigenvalue weighted by atomic mass is 9.96. The van der Waals surface area contributed by atoms with E-state index < -0.39 is 0 Å². The first-order chi connectivity index (χ1) is 19.4. The molecule has 2 heterocycles. The van der Waals surface area contributed by atoms with Crippen LogP contribution in [0.3, 0.4) is 0 Å². The maximum absolute atomic E-state index is 14.1. The Labute approximate surface area is 237 Å². The molecule has 1 aliphatic carbocycles. The van der Waals surface area contributed by atoms with Crippen molar-refractivity contribution >= 4 is 17.5 Å². The largest absolute Gasteiger partial charge is 0.496 e. The lowest BCUT2D eigenvalue weighted by Crippen LogP contribution is -2.48. The summed E-state index contributed by atoms with van der Waals surface area (Å²) in [7, 11) is 1.65. The number of nitrogens with zero attached hydrogens (tertiary/aromatic N) is 4. The molecule has 0 spiro atoms. The average molecular weight is 547 g/mol. The van der Waals surface area contributed by atoms with Gasteiger partial charge in [0.1, 0.15) is 12.3 Å². The van der Waals surface area contributed by atoms with Crippen molar-refractivity contribution in [2.75, 3.05) is 53.0 Å². The third kappa shape index (κ3) is 6.39. The van der Waals surface area contributed by atoms with Crippen LogP contribution < -0.4 is 4.74 Å². The fourth-order valence-corrected chi connectivity index (χ4v) is 6.04. The summed E-state index contributed by atoms with van der Waals surface area (Å²) >= 11 is 0. The summed E-state index contributed by atoms with van der Waals surface area (Å²) in [4.78, 5) is 31.8. The number of carbonyl (C=O) groups excluding carboxylic acids is 2. The summed E-state index contributed by atoms with van der Waals surface area (Å²) in [5.74, 6) is 0.678. The highest BCUT2D eigenvalue weighted by molar-refractivity contribution is 6.03. The van der Waals surface area contributed by atoms with Crippen LogP contribution in [0.1, 0.15) is 60.4 Å². The molecule has 0 N–H and O–H groups in total. The van der Waals surface area contributed by atoms with Gasteiger partial charge in [-0.25, -0.2) is 5.01 Å². The molecule has 2 aliphatic heterocycles. The number of hydrazone groups is 1. The van der Waals surface area contributed by atoms with E-state index in [1.165, 1.54) is 11.1 Å². The van der Waals surface area contributed by atoms with Gasteiger partial charge in [0, 0.05) is 44.1 Å². The number of aryl methyl sites for hydroxylation is 2. The van der Waals surface area contributed by atoms with Gasteiger partial charge in [0.15, 0.2) is 0 Å². The number of hydrogen-bond donors (Lipinski definition) is 0. The van der Waals surface area contributed by atoms with Gasteiger partial charge in [-0.1, -0.05) is 43.2 Å². The zero-order chi connectivity index (χ0) is 28.1. The second-order valence-corrected chi connectivity index (χ2v) is 11.2. The van der Waals surface area contributed by atoms with Crippen LogP contribution in [0, 0.1) is 19.8 Å². The van der Waals surface area contributed by atoms with Crippen LogP contribution in [-0.2, 0) is 14.3 Å². The van der Waals surface area contributed by atoms with Crippen molar-refractivity contribution in [3.63, 3.8) is 0 Å². The van der Waals surface area contributed by atoms with E-state index in [1.807, 2.05) is 24.3 Å². The highest BCUT2D eigenvalue weighted by Crippen LogP contribution is 2.38. The molecular weight excluding hydrogens is 504 g/mol. The summed E-state index contributed by atoms with van der Waals surface area (Å²) in [5, 5.41) is 6.51. The molecule has 2 aromatic carbocycles. The van der Waals surface area contributed by atoms with Crippen molar-refractivity contribution in [1.82, 2.24) is 14.8 Å². The second kappa shape index (κ2) is 13.0. The molecule has 40 heavy (non-hydrogen) atoms. The fourth-order valence-electron chi connectivity index (χ4n) is 6.04. The van der Waals surface area contributed by atoms with E-state index in [4.69, 9.17) is 14.6 Å². The quantitative estimate of drug-likeness (QED) is 0.468. The predicted octanol–water partition coefficient (Wildman–Crippen LogP) is 4.34. The fraction of sp³-hybridized carbons (Fsp3) is 0.531. The van der Waals surface area contributed by atoms with Gasteiger partial charge in [0.2, 0.25) is 5.91 Å². The van der Waals surface area contributed by atoms with Crippen LogP contribution in [0.5, 0.6) is 5.75 Å². The first kappa shape index (κ1) is 28.3. The number of morpholine rings is 1. The van der Waals surface area contributed by atoms with Crippen molar-refractivity contribution in [1.29, 1.82) is 0 Å². The Bertz CT molecular complexity index is 1230. The Morgan fingerprint density at radius 3 is 2.52 bits per heavy atom. The molecule has 2 aromatic rings. The van der Waals surface area contributed by atoms with Crippen molar-refractivity contribution in [3.05, 3.63) is 64.7 Å². The average Bonchev–Trinajstić information content (AvgIpc) is 3.68. The Kier molecular flexibility index (Phi) is 9.17. The van der Waals surface area contributed by atoms with E-state index in [0.717, 1.165) is 67.9 Å². The minimum Gasteiger partial charge on any atom is -0.496 e. The molecule has 2 fully saturated rings. The van der Waals surface area contributed by atoms with E-state index in [1.54, 1.807) is 17.0 Å². The van der Waals surface area contributed by atoms with Crippen LogP contribution in [-0.4, -0.2) is 85.4 Å². The van der Waals surface area contributed by atoms with E-state index >= 15 is 0 Å². The molecule has 1 atom stereocenters. The molecule has 0 bridgehead atoms. The zero-order valence-electron chi connectivity index (χ0n) is 24.1. The maximum Gasteiger partial charge on any atom is 0.262 e. The summed E-state index contributed by atoms with van der Waals surface area (Å²) in [6.07, 6.45) is 4.55. The van der Waals surface area contributed by atoms with E-state index in [9.17, 15) is 9.59 Å². The number of methoxy groups -OCH3 is 1. The van der Waals surface area contributed by atoms with Gasteiger partial charge in [-0.3, -0.25) is 14.5 Å². The zero-order valence-corrected chi connectivity index (χ0v) is 24.1. The number of amides is 2. The highest BCUT2D eigenvalue weighted by atomic mass is 16.5. The van der Waals surface area contributed by atoms with Gasteiger partial charge in [-0.15, -0.1) is 0 Å². The number of hydrogen-bond acceptors (Lipinski definition) is 6. The van der Waals surface area contributed by atoms with E-state index in [2.05, 4.69) is 36.9 Å². The number of benzene rings is 2. The molecular formula is C32H42N4O4. The third-order valence-corrected chi connectivity index (χ3v) is 8.64. The minimum atomic E-state index is -0.303. The standard InChI is InChI=1S/C32H42N4O4/c1-23-12-13-26(20-24(23)2)28-21-29(27-10-6-7-11-30(27)39-3)36(33-28)31(37)22-35(32(38)25-8-4-5-9-25)15-14-34-16-18-40-19-17-34/h6-7,10-13,20,25,29H,4-5,8-9,14-19,21-22H2,1-3H3. The first-order valence-corrected chi connectivity index (χ1v) is 14.6. The molecule has 214 valence electrons. The molecule has 0 aromatic heterocycles.